The second kappa shape index (κ2) is 10.6. The first-order chi connectivity index (χ1) is 18.6. The molecule has 9 heteroatoms. The Hall–Kier alpha value is -3.72. The van der Waals surface area contributed by atoms with Gasteiger partial charge in [0.1, 0.15) is 13.2 Å². The average Bonchev–Trinajstić information content (AvgIpc) is 3.62. The molecule has 0 spiro atoms. The fourth-order valence-electron chi connectivity index (χ4n) is 5.76. The van der Waals surface area contributed by atoms with Gasteiger partial charge in [0.2, 0.25) is 0 Å². The fourth-order valence-corrected chi connectivity index (χ4v) is 5.76. The monoisotopic (exact) mass is 514 g/mol. The lowest BCUT2D eigenvalue weighted by atomic mass is 10.1. The lowest BCUT2D eigenvalue weighted by molar-refractivity contribution is 0.158. The molecule has 1 N–H and O–H groups in total. The first-order valence-electron chi connectivity index (χ1n) is 13.6. The van der Waals surface area contributed by atoms with Crippen molar-refractivity contribution in [3.05, 3.63) is 75.3 Å². The molecule has 1 fully saturated rings. The molecule has 2 aromatic carbocycles. The highest BCUT2D eigenvalue weighted by Gasteiger charge is 2.30. The second-order valence-corrected chi connectivity index (χ2v) is 10.4. The van der Waals surface area contributed by atoms with Crippen molar-refractivity contribution in [3.8, 4) is 11.5 Å². The molecule has 0 radical (unpaired) electrons. The van der Waals surface area contributed by atoms with Gasteiger partial charge in [-0.3, -0.25) is 9.69 Å². The molecule has 6 rings (SSSR count). The lowest BCUT2D eigenvalue weighted by Gasteiger charge is -2.31. The quantitative estimate of drug-likeness (QED) is 0.358. The van der Waals surface area contributed by atoms with E-state index in [2.05, 4.69) is 63.5 Å². The maximum atomic E-state index is 13.3. The first kappa shape index (κ1) is 24.6. The molecule has 4 aromatic rings. The van der Waals surface area contributed by atoms with Crippen LogP contribution in [0.25, 0.3) is 10.9 Å². The van der Waals surface area contributed by atoms with Crippen LogP contribution in [0, 0.1) is 6.92 Å². The van der Waals surface area contributed by atoms with Crippen molar-refractivity contribution in [1.29, 1.82) is 0 Å². The summed E-state index contributed by atoms with van der Waals surface area (Å²) in [5, 5.41) is 13.9. The molecular formula is C29H34N6O3. The molecule has 1 aliphatic heterocycles. The fraction of sp³-hybridized carbons (Fsp3) is 0.448. The van der Waals surface area contributed by atoms with E-state index in [1.807, 2.05) is 22.9 Å². The zero-order valence-corrected chi connectivity index (χ0v) is 22.0. The minimum absolute atomic E-state index is 0.0396. The Morgan fingerprint density at radius 3 is 2.53 bits per heavy atom. The van der Waals surface area contributed by atoms with Gasteiger partial charge >= 0.3 is 0 Å². The number of hydrogen-bond acceptors (Lipinski definition) is 7. The Labute approximate surface area is 221 Å². The normalized spacial score (nSPS) is 16.4. The van der Waals surface area contributed by atoms with Gasteiger partial charge in [-0.05, 0) is 54.3 Å². The van der Waals surface area contributed by atoms with Crippen LogP contribution in [0.5, 0.6) is 11.5 Å². The van der Waals surface area contributed by atoms with E-state index in [1.165, 1.54) is 24.0 Å². The largest absolute Gasteiger partial charge is 0.486 e. The molecule has 1 aliphatic carbocycles. The van der Waals surface area contributed by atoms with Gasteiger partial charge < -0.3 is 14.5 Å². The standard InChI is InChI=1S/C29H34N6O3/c1-3-25(28-31-32-33-35(28)23-6-4-5-7-23)34(17-20-10-8-19(2)9-11-20)18-22-14-21-15-26-27(38-13-12-37-26)16-24(21)30-29(22)36/h8-11,14-16,23,25H,3-7,12-13,17-18H2,1-2H3,(H,30,36)/t25-/m1/s1. The number of tetrazole rings is 1. The van der Waals surface area contributed by atoms with Crippen molar-refractivity contribution < 1.29 is 9.47 Å². The van der Waals surface area contributed by atoms with E-state index in [0.29, 0.717) is 49.4 Å². The molecule has 2 aromatic heterocycles. The molecule has 0 bridgehead atoms. The van der Waals surface area contributed by atoms with Crippen LogP contribution in [-0.2, 0) is 13.1 Å². The van der Waals surface area contributed by atoms with Crippen LogP contribution in [0.15, 0.2) is 47.3 Å². The van der Waals surface area contributed by atoms with E-state index in [4.69, 9.17) is 9.47 Å². The molecule has 38 heavy (non-hydrogen) atoms. The Morgan fingerprint density at radius 2 is 1.79 bits per heavy atom. The lowest BCUT2D eigenvalue weighted by Crippen LogP contribution is -2.32. The maximum absolute atomic E-state index is 13.3. The van der Waals surface area contributed by atoms with E-state index in [-0.39, 0.29) is 11.6 Å². The van der Waals surface area contributed by atoms with Crippen molar-refractivity contribution in [3.63, 3.8) is 0 Å². The van der Waals surface area contributed by atoms with E-state index < -0.39 is 0 Å². The molecular weight excluding hydrogens is 480 g/mol. The Kier molecular flexibility index (Phi) is 6.84. The number of aryl methyl sites for hydroxylation is 1. The topological polar surface area (TPSA) is 98.2 Å². The number of fused-ring (bicyclic) bond motifs is 2. The van der Waals surface area contributed by atoms with Crippen molar-refractivity contribution in [2.24, 2.45) is 0 Å². The molecule has 198 valence electrons. The van der Waals surface area contributed by atoms with E-state index >= 15 is 0 Å². The van der Waals surface area contributed by atoms with Crippen molar-refractivity contribution in [2.45, 2.75) is 71.1 Å². The second-order valence-electron chi connectivity index (χ2n) is 10.4. The predicted octanol–water partition coefficient (Wildman–Crippen LogP) is 4.86. The van der Waals surface area contributed by atoms with Crippen LogP contribution in [0.3, 0.4) is 0 Å². The summed E-state index contributed by atoms with van der Waals surface area (Å²) in [6, 6.07) is 14.6. The number of nitrogens with zero attached hydrogens (tertiary/aromatic N) is 5. The minimum Gasteiger partial charge on any atom is -0.486 e. The molecule has 1 saturated carbocycles. The van der Waals surface area contributed by atoms with Gasteiger partial charge in [-0.2, -0.15) is 0 Å². The van der Waals surface area contributed by atoms with Gasteiger partial charge in [0.05, 0.1) is 17.6 Å². The van der Waals surface area contributed by atoms with Gasteiger partial charge in [0.15, 0.2) is 17.3 Å². The molecule has 3 heterocycles. The number of ether oxygens (including phenoxy) is 2. The summed E-state index contributed by atoms with van der Waals surface area (Å²) in [6.45, 7) is 6.42. The number of H-pyrrole nitrogens is 1. The van der Waals surface area contributed by atoms with Crippen molar-refractivity contribution in [1.82, 2.24) is 30.1 Å². The van der Waals surface area contributed by atoms with Gasteiger partial charge in [-0.1, -0.05) is 49.6 Å². The number of aromatic nitrogens is 5. The van der Waals surface area contributed by atoms with Gasteiger partial charge in [-0.15, -0.1) is 5.10 Å². The average molecular weight is 515 g/mol. The van der Waals surface area contributed by atoms with E-state index in [0.717, 1.165) is 36.0 Å². The van der Waals surface area contributed by atoms with Crippen molar-refractivity contribution in [2.75, 3.05) is 13.2 Å². The zero-order chi connectivity index (χ0) is 26.1. The third kappa shape index (κ3) is 4.90. The SMILES string of the molecule is CC[C@H](c1nnnn1C1CCCC1)N(Cc1ccc(C)cc1)Cc1cc2cc3c(cc2[nH]c1=O)OCCO3. The number of pyridine rings is 1. The van der Waals surface area contributed by atoms with Crippen molar-refractivity contribution >= 4 is 10.9 Å². The number of hydrogen-bond donors (Lipinski definition) is 1. The summed E-state index contributed by atoms with van der Waals surface area (Å²) >= 11 is 0. The van der Waals surface area contributed by atoms with E-state index in [9.17, 15) is 4.79 Å². The molecule has 0 saturated heterocycles. The minimum atomic E-state index is -0.103. The molecule has 0 amide bonds. The van der Waals surface area contributed by atoms with Crippen LogP contribution in [0.2, 0.25) is 0 Å². The summed E-state index contributed by atoms with van der Waals surface area (Å²) in [4.78, 5) is 18.7. The summed E-state index contributed by atoms with van der Waals surface area (Å²) in [6.07, 6.45) is 5.44. The summed E-state index contributed by atoms with van der Waals surface area (Å²) in [5.74, 6) is 2.25. The third-order valence-electron chi connectivity index (χ3n) is 7.78. The summed E-state index contributed by atoms with van der Waals surface area (Å²) in [5.41, 5.74) is 3.74. The highest BCUT2D eigenvalue weighted by molar-refractivity contribution is 5.83. The number of rotatable bonds is 8. The zero-order valence-electron chi connectivity index (χ0n) is 22.0. The van der Waals surface area contributed by atoms with E-state index in [1.54, 1.807) is 0 Å². The number of benzene rings is 2. The van der Waals surface area contributed by atoms with Crippen LogP contribution >= 0.6 is 0 Å². The molecule has 9 nitrogen and oxygen atoms in total. The first-order valence-corrected chi connectivity index (χ1v) is 13.6. The molecule has 1 atom stereocenters. The Balaban J connectivity index is 1.38. The Bertz CT molecular complexity index is 1470. The highest BCUT2D eigenvalue weighted by atomic mass is 16.6. The predicted molar refractivity (Wildman–Crippen MR) is 144 cm³/mol. The van der Waals surface area contributed by atoms with Gasteiger partial charge in [0.25, 0.3) is 5.56 Å². The van der Waals surface area contributed by atoms with Gasteiger partial charge in [0, 0.05) is 30.1 Å². The number of nitrogens with one attached hydrogen (secondary N) is 1. The third-order valence-corrected chi connectivity index (χ3v) is 7.78. The van der Waals surface area contributed by atoms with Gasteiger partial charge in [-0.25, -0.2) is 4.68 Å². The van der Waals surface area contributed by atoms with Crippen LogP contribution < -0.4 is 15.0 Å². The smallest absolute Gasteiger partial charge is 0.252 e. The summed E-state index contributed by atoms with van der Waals surface area (Å²) < 4.78 is 13.5. The Morgan fingerprint density at radius 1 is 1.05 bits per heavy atom. The van der Waals surface area contributed by atoms with Crippen LogP contribution in [0.1, 0.15) is 73.6 Å². The molecule has 0 unspecified atom stereocenters. The number of aromatic amines is 1. The summed E-state index contributed by atoms with van der Waals surface area (Å²) in [7, 11) is 0. The maximum Gasteiger partial charge on any atom is 0.252 e. The molecule has 2 aliphatic rings. The van der Waals surface area contributed by atoms with Crippen LogP contribution in [-0.4, -0.2) is 43.3 Å². The van der Waals surface area contributed by atoms with Crippen LogP contribution in [0.4, 0.5) is 0 Å². The highest BCUT2D eigenvalue weighted by Crippen LogP contribution is 2.35.